The van der Waals surface area contributed by atoms with E-state index in [-0.39, 0.29) is 0 Å². The van der Waals surface area contributed by atoms with Crippen LogP contribution in [-0.4, -0.2) is 21.9 Å². The molecule has 74 valence electrons. The van der Waals surface area contributed by atoms with Gasteiger partial charge in [0.25, 0.3) is 5.56 Å². The van der Waals surface area contributed by atoms with Gasteiger partial charge in [0.1, 0.15) is 5.56 Å². The second-order valence-electron chi connectivity index (χ2n) is 2.37. The molecule has 0 unspecified atom stereocenters. The van der Waals surface area contributed by atoms with Gasteiger partial charge >= 0.3 is 17.6 Å². The lowest BCUT2D eigenvalue weighted by Gasteiger charge is -1.96. The van der Waals surface area contributed by atoms with E-state index < -0.39 is 28.8 Å². The van der Waals surface area contributed by atoms with Crippen LogP contribution in [0.15, 0.2) is 15.8 Å². The van der Waals surface area contributed by atoms with Crippen LogP contribution in [0.2, 0.25) is 0 Å². The number of aromatic amines is 2. The molecular formula is C7H6N2O5. The molecule has 0 aliphatic heterocycles. The molecule has 0 spiro atoms. The van der Waals surface area contributed by atoms with Crippen LogP contribution in [0, 0.1) is 0 Å². The lowest BCUT2D eigenvalue weighted by molar-refractivity contribution is -0.135. The Labute approximate surface area is 76.7 Å². The minimum absolute atomic E-state index is 0.431. The summed E-state index contributed by atoms with van der Waals surface area (Å²) in [4.78, 5) is 46.8. The van der Waals surface area contributed by atoms with Crippen LogP contribution in [0.5, 0.6) is 0 Å². The number of H-pyrrole nitrogens is 2. The highest BCUT2D eigenvalue weighted by molar-refractivity contribution is 5.95. The topological polar surface area (TPSA) is 109 Å². The highest BCUT2D eigenvalue weighted by Gasteiger charge is 2.13. The van der Waals surface area contributed by atoms with E-state index in [0.717, 1.165) is 13.1 Å². The monoisotopic (exact) mass is 198 g/mol. The summed E-state index contributed by atoms with van der Waals surface area (Å²) >= 11 is 0. The van der Waals surface area contributed by atoms with Crippen molar-refractivity contribution in [3.63, 3.8) is 0 Å². The molecule has 14 heavy (non-hydrogen) atoms. The summed E-state index contributed by atoms with van der Waals surface area (Å²) in [6, 6.07) is 0. The quantitative estimate of drug-likeness (QED) is 0.433. The maximum atomic E-state index is 11.0. The van der Waals surface area contributed by atoms with Crippen molar-refractivity contribution < 1.29 is 14.3 Å². The first kappa shape index (κ1) is 9.90. The standard InChI is InChI=1S/C7H6N2O5/c1-3(10)14-6(12)4-2-8-7(13)9-5(4)11/h2H,1H3,(H2,8,9,11,13). The van der Waals surface area contributed by atoms with Crippen LogP contribution in [0.1, 0.15) is 17.3 Å². The minimum Gasteiger partial charge on any atom is -0.389 e. The van der Waals surface area contributed by atoms with Crippen molar-refractivity contribution in [2.45, 2.75) is 6.92 Å². The molecule has 7 heteroatoms. The lowest BCUT2D eigenvalue weighted by atomic mass is 10.3. The molecule has 1 heterocycles. The van der Waals surface area contributed by atoms with Crippen molar-refractivity contribution in [2.24, 2.45) is 0 Å². The smallest absolute Gasteiger partial charge is 0.352 e. The molecule has 0 aliphatic rings. The SMILES string of the molecule is CC(=O)OC(=O)c1c[nH]c(=O)[nH]c1=O. The molecule has 0 amide bonds. The van der Waals surface area contributed by atoms with Crippen LogP contribution < -0.4 is 11.2 Å². The molecule has 1 aromatic heterocycles. The van der Waals surface area contributed by atoms with Crippen LogP contribution in [0.3, 0.4) is 0 Å². The number of carbonyl (C=O) groups excluding carboxylic acids is 2. The summed E-state index contributed by atoms with van der Waals surface area (Å²) in [6.07, 6.45) is 0.881. The van der Waals surface area contributed by atoms with Gasteiger partial charge < -0.3 is 9.72 Å². The molecular weight excluding hydrogens is 192 g/mol. The van der Waals surface area contributed by atoms with E-state index >= 15 is 0 Å². The number of esters is 2. The van der Waals surface area contributed by atoms with E-state index in [2.05, 4.69) is 9.72 Å². The average Bonchev–Trinajstić information content (AvgIpc) is 2.01. The second-order valence-corrected chi connectivity index (χ2v) is 2.37. The molecule has 0 saturated carbocycles. The predicted octanol–water partition coefficient (Wildman–Crippen LogP) is -1.23. The number of carbonyl (C=O) groups is 2. The Bertz CT molecular complexity index is 483. The molecule has 0 fully saturated rings. The number of aromatic nitrogens is 2. The van der Waals surface area contributed by atoms with E-state index in [1.165, 1.54) is 0 Å². The molecule has 0 bridgehead atoms. The van der Waals surface area contributed by atoms with Gasteiger partial charge in [-0.2, -0.15) is 0 Å². The average molecular weight is 198 g/mol. The van der Waals surface area contributed by atoms with Gasteiger partial charge in [0.2, 0.25) is 0 Å². The van der Waals surface area contributed by atoms with E-state index in [9.17, 15) is 19.2 Å². The predicted molar refractivity (Wildman–Crippen MR) is 43.8 cm³/mol. The van der Waals surface area contributed by atoms with Gasteiger partial charge in [0.05, 0.1) is 0 Å². The Hall–Kier alpha value is -2.18. The summed E-state index contributed by atoms with van der Waals surface area (Å²) in [6.45, 7) is 1.03. The fraction of sp³-hybridized carbons (Fsp3) is 0.143. The van der Waals surface area contributed by atoms with Crippen molar-refractivity contribution >= 4 is 11.9 Å². The number of hydrogen-bond acceptors (Lipinski definition) is 5. The number of nitrogens with one attached hydrogen (secondary N) is 2. The molecule has 0 aromatic carbocycles. The minimum atomic E-state index is -1.10. The van der Waals surface area contributed by atoms with Gasteiger partial charge in [-0.05, 0) is 0 Å². The van der Waals surface area contributed by atoms with Crippen molar-refractivity contribution in [3.05, 3.63) is 32.6 Å². The van der Waals surface area contributed by atoms with Crippen molar-refractivity contribution in [1.82, 2.24) is 9.97 Å². The van der Waals surface area contributed by atoms with Gasteiger partial charge in [-0.15, -0.1) is 0 Å². The van der Waals surface area contributed by atoms with Crippen molar-refractivity contribution in [3.8, 4) is 0 Å². The van der Waals surface area contributed by atoms with Crippen molar-refractivity contribution in [2.75, 3.05) is 0 Å². The zero-order valence-electron chi connectivity index (χ0n) is 7.12. The Morgan fingerprint density at radius 2 is 2.00 bits per heavy atom. The molecule has 0 radical (unpaired) electrons. The van der Waals surface area contributed by atoms with Gasteiger partial charge in [0, 0.05) is 13.1 Å². The molecule has 1 rings (SSSR count). The fourth-order valence-electron chi connectivity index (χ4n) is 0.747. The van der Waals surface area contributed by atoms with E-state index in [4.69, 9.17) is 0 Å². The summed E-state index contributed by atoms with van der Waals surface area (Å²) < 4.78 is 4.14. The van der Waals surface area contributed by atoms with Gasteiger partial charge in [-0.25, -0.2) is 9.59 Å². The zero-order chi connectivity index (χ0) is 10.7. The maximum absolute atomic E-state index is 11.0. The van der Waals surface area contributed by atoms with Crippen LogP contribution >= 0.6 is 0 Å². The number of hydrogen-bond donors (Lipinski definition) is 2. The van der Waals surface area contributed by atoms with E-state index in [0.29, 0.717) is 0 Å². The molecule has 1 aromatic rings. The van der Waals surface area contributed by atoms with Gasteiger partial charge in [-0.3, -0.25) is 14.6 Å². The first-order valence-electron chi connectivity index (χ1n) is 3.55. The largest absolute Gasteiger partial charge is 0.389 e. The normalized spacial score (nSPS) is 9.50. The fourth-order valence-corrected chi connectivity index (χ4v) is 0.747. The molecule has 0 atom stereocenters. The van der Waals surface area contributed by atoms with Crippen LogP contribution in [-0.2, 0) is 9.53 Å². The molecule has 2 N–H and O–H groups in total. The summed E-state index contributed by atoms with van der Waals surface area (Å²) in [5.74, 6) is -1.93. The summed E-state index contributed by atoms with van der Waals surface area (Å²) in [5, 5.41) is 0. The van der Waals surface area contributed by atoms with Crippen LogP contribution in [0.4, 0.5) is 0 Å². The second kappa shape index (κ2) is 3.69. The Morgan fingerprint density at radius 3 is 2.50 bits per heavy atom. The molecule has 0 saturated heterocycles. The third kappa shape index (κ3) is 2.16. The third-order valence-electron chi connectivity index (χ3n) is 1.28. The zero-order valence-corrected chi connectivity index (χ0v) is 7.12. The summed E-state index contributed by atoms with van der Waals surface area (Å²) in [5.41, 5.74) is -2.07. The maximum Gasteiger partial charge on any atom is 0.352 e. The number of rotatable bonds is 1. The van der Waals surface area contributed by atoms with Gasteiger partial charge in [0.15, 0.2) is 0 Å². The highest BCUT2D eigenvalue weighted by Crippen LogP contribution is 1.90. The number of ether oxygens (including phenoxy) is 1. The van der Waals surface area contributed by atoms with Crippen molar-refractivity contribution in [1.29, 1.82) is 0 Å². The van der Waals surface area contributed by atoms with Crippen LogP contribution in [0.25, 0.3) is 0 Å². The first-order chi connectivity index (χ1) is 6.50. The molecule has 7 nitrogen and oxygen atoms in total. The highest BCUT2D eigenvalue weighted by atomic mass is 16.6. The van der Waals surface area contributed by atoms with Gasteiger partial charge in [-0.1, -0.05) is 0 Å². The first-order valence-corrected chi connectivity index (χ1v) is 3.55. The lowest BCUT2D eigenvalue weighted by Crippen LogP contribution is -2.28. The third-order valence-corrected chi connectivity index (χ3v) is 1.28. The molecule has 0 aliphatic carbocycles. The van der Waals surface area contributed by atoms with E-state index in [1.54, 1.807) is 0 Å². The Kier molecular flexibility index (Phi) is 2.61. The Morgan fingerprint density at radius 1 is 1.36 bits per heavy atom. The summed E-state index contributed by atoms with van der Waals surface area (Å²) in [7, 11) is 0. The Balaban J connectivity index is 3.08. The van der Waals surface area contributed by atoms with E-state index in [1.807, 2.05) is 4.98 Å².